The molecule has 0 aliphatic carbocycles. The first kappa shape index (κ1) is 17.3. The number of anilines is 1. The van der Waals surface area contributed by atoms with Crippen LogP contribution in [-0.2, 0) is 4.79 Å². The van der Waals surface area contributed by atoms with Crippen molar-refractivity contribution in [2.45, 2.75) is 19.9 Å². The minimum atomic E-state index is -0.511. The molecule has 1 aliphatic heterocycles. The van der Waals surface area contributed by atoms with Gasteiger partial charge in [0.15, 0.2) is 5.82 Å². The molecule has 7 nitrogen and oxygen atoms in total. The van der Waals surface area contributed by atoms with Crippen LogP contribution in [-0.4, -0.2) is 27.3 Å². The average molecular weight is 381 g/mol. The Morgan fingerprint density at radius 1 is 1.33 bits per heavy atom. The maximum absolute atomic E-state index is 12.3. The molecule has 0 unspecified atom stereocenters. The van der Waals surface area contributed by atoms with Gasteiger partial charge in [0.2, 0.25) is 11.9 Å². The highest BCUT2D eigenvalue weighted by molar-refractivity contribution is 7.13. The van der Waals surface area contributed by atoms with Crippen LogP contribution in [0.5, 0.6) is 5.75 Å². The van der Waals surface area contributed by atoms with E-state index < -0.39 is 11.9 Å². The third-order valence-electron chi connectivity index (χ3n) is 4.37. The lowest BCUT2D eigenvalue weighted by Crippen LogP contribution is -2.32. The van der Waals surface area contributed by atoms with Crippen molar-refractivity contribution in [1.29, 1.82) is 0 Å². The van der Waals surface area contributed by atoms with Crippen LogP contribution in [0.2, 0.25) is 0 Å². The largest absolute Gasteiger partial charge is 0.494 e. The summed E-state index contributed by atoms with van der Waals surface area (Å²) in [6.07, 6.45) is 0. The summed E-state index contributed by atoms with van der Waals surface area (Å²) in [4.78, 5) is 17.9. The van der Waals surface area contributed by atoms with Gasteiger partial charge < -0.3 is 15.8 Å². The van der Waals surface area contributed by atoms with Gasteiger partial charge in [-0.3, -0.25) is 4.79 Å². The van der Waals surface area contributed by atoms with Gasteiger partial charge >= 0.3 is 0 Å². The Hall–Kier alpha value is -3.13. The summed E-state index contributed by atoms with van der Waals surface area (Å²) in [5.41, 5.74) is 7.65. The van der Waals surface area contributed by atoms with E-state index in [1.54, 1.807) is 16.0 Å². The van der Waals surface area contributed by atoms with Gasteiger partial charge in [-0.25, -0.2) is 4.68 Å². The van der Waals surface area contributed by atoms with Crippen LogP contribution >= 0.6 is 11.3 Å². The molecule has 0 fully saturated rings. The fourth-order valence-corrected chi connectivity index (χ4v) is 3.91. The summed E-state index contributed by atoms with van der Waals surface area (Å²) in [5.74, 6) is 1.36. The topological polar surface area (TPSA) is 95.1 Å². The van der Waals surface area contributed by atoms with E-state index in [4.69, 9.17) is 10.5 Å². The van der Waals surface area contributed by atoms with E-state index >= 15 is 0 Å². The Kier molecular flexibility index (Phi) is 4.41. The molecule has 4 rings (SSSR count). The average Bonchev–Trinajstić information content (AvgIpc) is 3.30. The molecule has 0 saturated carbocycles. The molecule has 0 radical (unpaired) electrons. The van der Waals surface area contributed by atoms with Crippen molar-refractivity contribution < 1.29 is 9.53 Å². The van der Waals surface area contributed by atoms with Gasteiger partial charge in [0.05, 0.1) is 17.1 Å². The van der Waals surface area contributed by atoms with Gasteiger partial charge in [-0.15, -0.1) is 16.4 Å². The number of carbonyl (C=O) groups is 1. The van der Waals surface area contributed by atoms with Crippen molar-refractivity contribution in [3.05, 3.63) is 58.6 Å². The molecule has 0 bridgehead atoms. The number of hydrogen-bond donors (Lipinski definition) is 2. The molecule has 3 heterocycles. The van der Waals surface area contributed by atoms with Gasteiger partial charge in [-0.2, -0.15) is 4.98 Å². The van der Waals surface area contributed by atoms with Crippen LogP contribution in [0.3, 0.4) is 0 Å². The summed E-state index contributed by atoms with van der Waals surface area (Å²) >= 11 is 1.56. The van der Waals surface area contributed by atoms with Gasteiger partial charge in [0, 0.05) is 11.3 Å². The predicted molar refractivity (Wildman–Crippen MR) is 105 cm³/mol. The quantitative estimate of drug-likeness (QED) is 0.708. The van der Waals surface area contributed by atoms with Gasteiger partial charge in [-0.05, 0) is 31.4 Å². The highest BCUT2D eigenvalue weighted by Crippen LogP contribution is 2.39. The van der Waals surface area contributed by atoms with Crippen molar-refractivity contribution in [2.75, 3.05) is 11.9 Å². The molecule has 0 spiro atoms. The molecule has 27 heavy (non-hydrogen) atoms. The summed E-state index contributed by atoms with van der Waals surface area (Å²) in [6, 6.07) is 11.0. The number of nitrogens with one attached hydrogen (secondary N) is 1. The summed E-state index contributed by atoms with van der Waals surface area (Å²) in [5, 5.41) is 9.81. The molecule has 1 amide bonds. The molecule has 1 aliphatic rings. The first-order valence-corrected chi connectivity index (χ1v) is 9.47. The van der Waals surface area contributed by atoms with E-state index in [-0.39, 0.29) is 0 Å². The van der Waals surface area contributed by atoms with Gasteiger partial charge in [-0.1, -0.05) is 24.3 Å². The van der Waals surface area contributed by atoms with E-state index in [1.807, 2.05) is 55.6 Å². The SMILES string of the molecule is CCOc1ccccc1[C@@H]1C(C(N)=O)=C(C)Nc2nc(-c3cccs3)nn21. The van der Waals surface area contributed by atoms with Crippen molar-refractivity contribution in [1.82, 2.24) is 14.8 Å². The Morgan fingerprint density at radius 3 is 2.85 bits per heavy atom. The lowest BCUT2D eigenvalue weighted by Gasteiger charge is -2.28. The fourth-order valence-electron chi connectivity index (χ4n) is 3.26. The van der Waals surface area contributed by atoms with Gasteiger partial charge in [0.1, 0.15) is 11.8 Å². The van der Waals surface area contributed by atoms with Gasteiger partial charge in [0.25, 0.3) is 0 Å². The number of nitrogens with zero attached hydrogens (tertiary/aromatic N) is 3. The number of thiophene rings is 1. The van der Waals surface area contributed by atoms with Crippen molar-refractivity contribution in [3.63, 3.8) is 0 Å². The molecule has 1 aromatic carbocycles. The number of hydrogen-bond acceptors (Lipinski definition) is 6. The Morgan fingerprint density at radius 2 is 2.15 bits per heavy atom. The first-order valence-electron chi connectivity index (χ1n) is 8.60. The smallest absolute Gasteiger partial charge is 0.248 e. The number of allylic oxidation sites excluding steroid dienone is 1. The minimum absolute atomic E-state index is 0.442. The molecule has 1 atom stereocenters. The van der Waals surface area contributed by atoms with E-state index in [0.29, 0.717) is 35.4 Å². The summed E-state index contributed by atoms with van der Waals surface area (Å²) in [7, 11) is 0. The van der Waals surface area contributed by atoms with E-state index in [9.17, 15) is 4.79 Å². The first-order chi connectivity index (χ1) is 13.1. The number of ether oxygens (including phenoxy) is 1. The number of fused-ring (bicyclic) bond motifs is 1. The molecule has 0 saturated heterocycles. The maximum atomic E-state index is 12.3. The van der Waals surface area contributed by atoms with E-state index in [2.05, 4.69) is 15.4 Å². The number of rotatable bonds is 5. The Bertz CT molecular complexity index is 1020. The van der Waals surface area contributed by atoms with Crippen molar-refractivity contribution in [3.8, 4) is 16.5 Å². The maximum Gasteiger partial charge on any atom is 0.248 e. The molecule has 3 N–H and O–H groups in total. The zero-order valence-corrected chi connectivity index (χ0v) is 15.8. The number of nitrogens with two attached hydrogens (primary N) is 1. The molecule has 2 aromatic heterocycles. The highest BCUT2D eigenvalue weighted by atomic mass is 32.1. The van der Waals surface area contributed by atoms with Crippen molar-refractivity contribution >= 4 is 23.2 Å². The van der Waals surface area contributed by atoms with Crippen LogP contribution in [0, 0.1) is 0 Å². The Labute approximate surface area is 160 Å². The molecule has 3 aromatic rings. The molecule has 138 valence electrons. The number of primary amides is 1. The number of aromatic nitrogens is 3. The second-order valence-corrected chi connectivity index (χ2v) is 7.03. The highest BCUT2D eigenvalue weighted by Gasteiger charge is 2.35. The predicted octanol–water partition coefficient (Wildman–Crippen LogP) is 3.18. The van der Waals surface area contributed by atoms with Crippen molar-refractivity contribution in [2.24, 2.45) is 5.73 Å². The van der Waals surface area contributed by atoms with E-state index in [0.717, 1.165) is 10.4 Å². The normalized spacial score (nSPS) is 16.0. The van der Waals surface area contributed by atoms with Crippen LogP contribution < -0.4 is 15.8 Å². The lowest BCUT2D eigenvalue weighted by atomic mass is 9.94. The standard InChI is InChI=1S/C19H19N5O2S/c1-3-26-13-8-5-4-7-12(13)16-15(17(20)25)11(2)21-19-22-18(23-24(16)19)14-9-6-10-27-14/h4-10,16H,3H2,1-2H3,(H2,20,25)(H,21,22,23)/t16-/m1/s1. The van der Waals surface area contributed by atoms with Crippen LogP contribution in [0.25, 0.3) is 10.7 Å². The number of para-hydroxylation sites is 1. The number of amides is 1. The van der Waals surface area contributed by atoms with E-state index in [1.165, 1.54) is 0 Å². The molecular formula is C19H19N5O2S. The third-order valence-corrected chi connectivity index (χ3v) is 5.24. The minimum Gasteiger partial charge on any atom is -0.494 e. The van der Waals surface area contributed by atoms with Crippen LogP contribution in [0.1, 0.15) is 25.5 Å². The molecule has 8 heteroatoms. The number of benzene rings is 1. The van der Waals surface area contributed by atoms with Crippen LogP contribution in [0.4, 0.5) is 5.95 Å². The molecular weight excluding hydrogens is 362 g/mol. The summed E-state index contributed by atoms with van der Waals surface area (Å²) < 4.78 is 7.50. The lowest BCUT2D eigenvalue weighted by molar-refractivity contribution is -0.115. The second kappa shape index (κ2) is 6.88. The zero-order chi connectivity index (χ0) is 19.0. The fraction of sp³-hybridized carbons (Fsp3) is 0.211. The summed E-state index contributed by atoms with van der Waals surface area (Å²) in [6.45, 7) is 4.26. The zero-order valence-electron chi connectivity index (χ0n) is 15.0. The van der Waals surface area contributed by atoms with Crippen LogP contribution in [0.15, 0.2) is 53.0 Å². The number of carbonyl (C=O) groups excluding carboxylic acids is 1. The second-order valence-electron chi connectivity index (χ2n) is 6.08. The Balaban J connectivity index is 1.91. The third kappa shape index (κ3) is 2.97. The monoisotopic (exact) mass is 381 g/mol.